The van der Waals surface area contributed by atoms with E-state index in [1.54, 1.807) is 6.26 Å². The maximum Gasteiger partial charge on any atom is 0.117 e. The van der Waals surface area contributed by atoms with Crippen molar-refractivity contribution in [2.24, 2.45) is 0 Å². The summed E-state index contributed by atoms with van der Waals surface area (Å²) in [4.78, 5) is 1.95. The van der Waals surface area contributed by atoms with Gasteiger partial charge in [0, 0.05) is 13.2 Å². The van der Waals surface area contributed by atoms with Crippen molar-refractivity contribution in [1.82, 2.24) is 4.90 Å². The number of hydrogen-bond acceptors (Lipinski definition) is 4. The van der Waals surface area contributed by atoms with Crippen LogP contribution in [-0.4, -0.2) is 42.4 Å². The molecule has 4 heteroatoms. The first-order valence-corrected chi connectivity index (χ1v) is 5.70. The molecular weight excluding hydrogens is 218 g/mol. The van der Waals surface area contributed by atoms with Crippen LogP contribution in [0.4, 0.5) is 0 Å². The van der Waals surface area contributed by atoms with Crippen molar-refractivity contribution in [3.63, 3.8) is 0 Å². The number of rotatable bonds is 8. The minimum Gasteiger partial charge on any atom is -0.468 e. The molecule has 0 fully saturated rings. The number of furan rings is 1. The minimum absolute atomic E-state index is 0.329. The number of terminal acetylenes is 1. The van der Waals surface area contributed by atoms with Crippen LogP contribution < -0.4 is 0 Å². The third-order valence-corrected chi connectivity index (χ3v) is 2.26. The maximum atomic E-state index is 9.74. The second-order valence-electron chi connectivity index (χ2n) is 3.77. The highest BCUT2D eigenvalue weighted by molar-refractivity contribution is 4.99. The number of aliphatic hydroxyl groups excluding tert-OH is 1. The molecule has 0 spiro atoms. The maximum absolute atomic E-state index is 9.74. The van der Waals surface area contributed by atoms with E-state index >= 15 is 0 Å². The Morgan fingerprint density at radius 3 is 3.06 bits per heavy atom. The van der Waals surface area contributed by atoms with Gasteiger partial charge < -0.3 is 14.3 Å². The van der Waals surface area contributed by atoms with Crippen LogP contribution in [0.5, 0.6) is 0 Å². The van der Waals surface area contributed by atoms with Crippen LogP contribution in [0.1, 0.15) is 12.7 Å². The second kappa shape index (κ2) is 7.91. The lowest BCUT2D eigenvalue weighted by molar-refractivity contribution is 0.0211. The molecule has 0 aromatic carbocycles. The van der Waals surface area contributed by atoms with Crippen molar-refractivity contribution in [2.45, 2.75) is 19.6 Å². The first kappa shape index (κ1) is 13.8. The summed E-state index contributed by atoms with van der Waals surface area (Å²) in [5.74, 6) is 3.41. The quantitative estimate of drug-likeness (QED) is 0.688. The van der Waals surface area contributed by atoms with Gasteiger partial charge in [0.1, 0.15) is 5.76 Å². The molecule has 17 heavy (non-hydrogen) atoms. The van der Waals surface area contributed by atoms with E-state index in [1.807, 2.05) is 24.0 Å². The molecule has 1 atom stereocenters. The third kappa shape index (κ3) is 5.55. The molecule has 0 saturated heterocycles. The van der Waals surface area contributed by atoms with Crippen LogP contribution in [0.2, 0.25) is 0 Å². The van der Waals surface area contributed by atoms with Gasteiger partial charge in [0.05, 0.1) is 32.1 Å². The minimum atomic E-state index is -0.529. The van der Waals surface area contributed by atoms with Crippen LogP contribution in [-0.2, 0) is 11.3 Å². The van der Waals surface area contributed by atoms with Gasteiger partial charge in [0.15, 0.2) is 0 Å². The molecule has 4 nitrogen and oxygen atoms in total. The molecule has 0 aliphatic rings. The first-order chi connectivity index (χ1) is 8.26. The Morgan fingerprint density at radius 2 is 2.47 bits per heavy atom. The summed E-state index contributed by atoms with van der Waals surface area (Å²) in [7, 11) is 0. The van der Waals surface area contributed by atoms with Gasteiger partial charge in [0.2, 0.25) is 0 Å². The molecule has 1 N–H and O–H groups in total. The molecule has 0 aliphatic heterocycles. The molecule has 1 aromatic rings. The molecule has 0 bridgehead atoms. The molecular formula is C13H19NO3. The normalized spacial score (nSPS) is 12.6. The second-order valence-corrected chi connectivity index (χ2v) is 3.77. The van der Waals surface area contributed by atoms with Crippen LogP contribution in [0.3, 0.4) is 0 Å². The molecule has 0 radical (unpaired) electrons. The average molecular weight is 237 g/mol. The van der Waals surface area contributed by atoms with Crippen molar-refractivity contribution in [2.75, 3.05) is 26.3 Å². The number of aliphatic hydroxyl groups is 1. The number of nitrogens with zero attached hydrogens (tertiary/aromatic N) is 1. The fourth-order valence-corrected chi connectivity index (χ4v) is 1.54. The predicted molar refractivity (Wildman–Crippen MR) is 65.3 cm³/mol. The van der Waals surface area contributed by atoms with Crippen molar-refractivity contribution in [3.05, 3.63) is 24.2 Å². The van der Waals surface area contributed by atoms with E-state index in [2.05, 4.69) is 5.92 Å². The topological polar surface area (TPSA) is 45.8 Å². The molecule has 1 rings (SSSR count). The van der Waals surface area contributed by atoms with E-state index in [0.29, 0.717) is 32.8 Å². The Balaban J connectivity index is 2.40. The van der Waals surface area contributed by atoms with E-state index in [9.17, 15) is 5.11 Å². The lowest BCUT2D eigenvalue weighted by Crippen LogP contribution is -2.34. The fourth-order valence-electron chi connectivity index (χ4n) is 1.54. The molecule has 0 amide bonds. The average Bonchev–Trinajstić information content (AvgIpc) is 2.79. The largest absolute Gasteiger partial charge is 0.468 e. The monoisotopic (exact) mass is 237 g/mol. The van der Waals surface area contributed by atoms with E-state index in [4.69, 9.17) is 15.6 Å². The van der Waals surface area contributed by atoms with Gasteiger partial charge >= 0.3 is 0 Å². The van der Waals surface area contributed by atoms with E-state index in [1.165, 1.54) is 0 Å². The Morgan fingerprint density at radius 1 is 1.65 bits per heavy atom. The zero-order chi connectivity index (χ0) is 12.5. The molecule has 1 heterocycles. The van der Waals surface area contributed by atoms with Crippen molar-refractivity contribution in [3.8, 4) is 12.3 Å². The van der Waals surface area contributed by atoms with E-state index < -0.39 is 6.10 Å². The molecule has 94 valence electrons. The van der Waals surface area contributed by atoms with Crippen LogP contribution >= 0.6 is 0 Å². The van der Waals surface area contributed by atoms with Gasteiger partial charge in [-0.1, -0.05) is 5.92 Å². The summed E-state index contributed by atoms with van der Waals surface area (Å²) >= 11 is 0. The Bertz CT molecular complexity index is 329. The zero-order valence-electron chi connectivity index (χ0n) is 10.1. The smallest absolute Gasteiger partial charge is 0.117 e. The first-order valence-electron chi connectivity index (χ1n) is 5.70. The summed E-state index contributed by atoms with van der Waals surface area (Å²) in [6, 6.07) is 3.72. The van der Waals surface area contributed by atoms with Crippen molar-refractivity contribution >= 4 is 0 Å². The molecule has 0 unspecified atom stereocenters. The number of ether oxygens (including phenoxy) is 1. The Hall–Kier alpha value is -1.28. The van der Waals surface area contributed by atoms with Gasteiger partial charge in [-0.05, 0) is 19.1 Å². The van der Waals surface area contributed by atoms with Crippen molar-refractivity contribution < 1.29 is 14.3 Å². The summed E-state index contributed by atoms with van der Waals surface area (Å²) in [6.07, 6.45) is 6.39. The lowest BCUT2D eigenvalue weighted by atomic mass is 10.3. The summed E-state index contributed by atoms with van der Waals surface area (Å²) in [5, 5.41) is 9.74. The van der Waals surface area contributed by atoms with Gasteiger partial charge in [-0.15, -0.1) is 6.42 Å². The Labute approximate surface area is 102 Å². The molecule has 0 aliphatic carbocycles. The SMILES string of the molecule is C#CCN(Cc1ccco1)C[C@@H](O)COCC. The van der Waals surface area contributed by atoms with Gasteiger partial charge in [-0.3, -0.25) is 4.90 Å². The molecule has 0 saturated carbocycles. The summed E-state index contributed by atoms with van der Waals surface area (Å²) < 4.78 is 10.4. The summed E-state index contributed by atoms with van der Waals surface area (Å²) in [6.45, 7) is 4.38. The zero-order valence-corrected chi connectivity index (χ0v) is 10.1. The van der Waals surface area contributed by atoms with Crippen molar-refractivity contribution in [1.29, 1.82) is 0 Å². The summed E-state index contributed by atoms with van der Waals surface area (Å²) in [5.41, 5.74) is 0. The highest BCUT2D eigenvalue weighted by Crippen LogP contribution is 2.05. The number of hydrogen-bond donors (Lipinski definition) is 1. The Kier molecular flexibility index (Phi) is 6.41. The van der Waals surface area contributed by atoms with E-state index in [0.717, 1.165) is 5.76 Å². The van der Waals surface area contributed by atoms with Crippen LogP contribution in [0.15, 0.2) is 22.8 Å². The van der Waals surface area contributed by atoms with Gasteiger partial charge in [0.25, 0.3) is 0 Å². The highest BCUT2D eigenvalue weighted by atomic mass is 16.5. The van der Waals surface area contributed by atoms with Gasteiger partial charge in [-0.2, -0.15) is 0 Å². The molecule has 1 aromatic heterocycles. The predicted octanol–water partition coefficient (Wildman–Crippen LogP) is 1.11. The highest BCUT2D eigenvalue weighted by Gasteiger charge is 2.12. The standard InChI is InChI=1S/C13H19NO3/c1-3-7-14(9-12(15)11-16-4-2)10-13-6-5-8-17-13/h1,5-6,8,12,15H,4,7,9-11H2,2H3/t12-/m1/s1. The van der Waals surface area contributed by atoms with Crippen LogP contribution in [0, 0.1) is 12.3 Å². The third-order valence-electron chi connectivity index (χ3n) is 2.26. The van der Waals surface area contributed by atoms with Crippen LogP contribution in [0.25, 0.3) is 0 Å². The fraction of sp³-hybridized carbons (Fsp3) is 0.538. The van der Waals surface area contributed by atoms with Gasteiger partial charge in [-0.25, -0.2) is 0 Å². The van der Waals surface area contributed by atoms with E-state index in [-0.39, 0.29) is 0 Å². The lowest BCUT2D eigenvalue weighted by Gasteiger charge is -2.21.